The second-order valence-electron chi connectivity index (χ2n) is 5.62. The number of carbonyl (C=O) groups is 1. The predicted octanol–water partition coefficient (Wildman–Crippen LogP) is 1.69. The average Bonchev–Trinajstić information content (AvgIpc) is 3.15. The second kappa shape index (κ2) is 8.14. The molecule has 3 N–H and O–H groups in total. The maximum Gasteiger partial charge on any atom is 0.273 e. The lowest BCUT2D eigenvalue weighted by Crippen LogP contribution is -2.33. The Hall–Kier alpha value is -1.40. The number of nitrogens with zero attached hydrogens (tertiary/aromatic N) is 2. The molecule has 1 aliphatic rings. The number of carbonyl (C=O) groups excluding carboxylic acids is 1. The first kappa shape index (κ1) is 16.0. The van der Waals surface area contributed by atoms with Crippen LogP contribution < -0.4 is 11.1 Å². The smallest absolute Gasteiger partial charge is 0.273 e. The van der Waals surface area contributed by atoms with Crippen molar-refractivity contribution in [3.05, 3.63) is 17.8 Å². The predicted molar refractivity (Wildman–Crippen MR) is 81.0 cm³/mol. The van der Waals surface area contributed by atoms with E-state index in [2.05, 4.69) is 22.1 Å². The minimum atomic E-state index is -0.226. The van der Waals surface area contributed by atoms with Crippen molar-refractivity contribution in [2.24, 2.45) is 5.73 Å². The van der Waals surface area contributed by atoms with Crippen LogP contribution >= 0.6 is 0 Å². The highest BCUT2D eigenvalue weighted by molar-refractivity contribution is 5.91. The van der Waals surface area contributed by atoms with E-state index in [9.17, 15) is 4.79 Å². The summed E-state index contributed by atoms with van der Waals surface area (Å²) >= 11 is 0. The van der Waals surface area contributed by atoms with Crippen molar-refractivity contribution >= 4 is 5.91 Å². The van der Waals surface area contributed by atoms with Crippen LogP contribution in [0.25, 0.3) is 0 Å². The topological polar surface area (TPSA) is 84.4 Å². The van der Waals surface area contributed by atoms with Crippen LogP contribution in [0.2, 0.25) is 0 Å². The summed E-state index contributed by atoms with van der Waals surface area (Å²) in [5, 5.41) is 2.88. The van der Waals surface area contributed by atoms with Crippen molar-refractivity contribution in [2.45, 2.75) is 45.1 Å². The SMILES string of the molecule is CCCCC(N)c1nc(C(=O)NCCN2CCCC2)co1. The van der Waals surface area contributed by atoms with Gasteiger partial charge in [-0.1, -0.05) is 19.8 Å². The van der Waals surface area contributed by atoms with Gasteiger partial charge in [0.15, 0.2) is 5.69 Å². The minimum absolute atomic E-state index is 0.188. The van der Waals surface area contributed by atoms with Crippen molar-refractivity contribution in [1.82, 2.24) is 15.2 Å². The van der Waals surface area contributed by atoms with Gasteiger partial charge in [-0.15, -0.1) is 0 Å². The molecule has 0 bridgehead atoms. The van der Waals surface area contributed by atoms with Gasteiger partial charge < -0.3 is 20.4 Å². The first-order valence-corrected chi connectivity index (χ1v) is 7.92. The zero-order chi connectivity index (χ0) is 15.1. The molecule has 118 valence electrons. The Morgan fingerprint density at radius 3 is 3.00 bits per heavy atom. The number of likely N-dealkylation sites (tertiary alicyclic amines) is 1. The third-order valence-corrected chi connectivity index (χ3v) is 3.85. The average molecular weight is 294 g/mol. The summed E-state index contributed by atoms with van der Waals surface area (Å²) in [6, 6.07) is -0.226. The Morgan fingerprint density at radius 1 is 1.52 bits per heavy atom. The molecular weight excluding hydrogens is 268 g/mol. The molecule has 2 heterocycles. The molecule has 1 unspecified atom stereocenters. The minimum Gasteiger partial charge on any atom is -0.446 e. The first-order chi connectivity index (χ1) is 10.2. The van der Waals surface area contributed by atoms with Crippen molar-refractivity contribution in [3.63, 3.8) is 0 Å². The number of oxazole rings is 1. The zero-order valence-electron chi connectivity index (χ0n) is 12.8. The number of amides is 1. The van der Waals surface area contributed by atoms with Gasteiger partial charge >= 0.3 is 0 Å². The lowest BCUT2D eigenvalue weighted by molar-refractivity contribution is 0.0944. The van der Waals surface area contributed by atoms with E-state index in [4.69, 9.17) is 10.2 Å². The van der Waals surface area contributed by atoms with Crippen LogP contribution in [0.3, 0.4) is 0 Å². The maximum absolute atomic E-state index is 12.0. The number of nitrogens with one attached hydrogen (secondary N) is 1. The summed E-state index contributed by atoms with van der Waals surface area (Å²) in [7, 11) is 0. The third kappa shape index (κ3) is 4.82. The second-order valence-corrected chi connectivity index (χ2v) is 5.62. The lowest BCUT2D eigenvalue weighted by atomic mass is 10.1. The molecule has 1 fully saturated rings. The van der Waals surface area contributed by atoms with Gasteiger partial charge in [0.1, 0.15) is 6.26 Å². The van der Waals surface area contributed by atoms with Crippen molar-refractivity contribution in [2.75, 3.05) is 26.2 Å². The van der Waals surface area contributed by atoms with Gasteiger partial charge in [0, 0.05) is 13.1 Å². The quantitative estimate of drug-likeness (QED) is 0.762. The summed E-state index contributed by atoms with van der Waals surface area (Å²) in [6.45, 7) is 5.92. The fraction of sp³-hybridized carbons (Fsp3) is 0.733. The summed E-state index contributed by atoms with van der Waals surface area (Å²) in [4.78, 5) is 18.5. The number of hydrogen-bond donors (Lipinski definition) is 2. The molecule has 1 aromatic heterocycles. The summed E-state index contributed by atoms with van der Waals surface area (Å²) in [6.07, 6.45) is 6.85. The highest BCUT2D eigenvalue weighted by atomic mass is 16.3. The van der Waals surface area contributed by atoms with Crippen LogP contribution in [0.1, 0.15) is 61.4 Å². The molecule has 1 aromatic rings. The summed E-state index contributed by atoms with van der Waals surface area (Å²) in [5.41, 5.74) is 6.30. The number of hydrogen-bond acceptors (Lipinski definition) is 5. The first-order valence-electron chi connectivity index (χ1n) is 7.92. The highest BCUT2D eigenvalue weighted by Gasteiger charge is 2.17. The Labute approximate surface area is 126 Å². The molecule has 1 aliphatic heterocycles. The fourth-order valence-electron chi connectivity index (χ4n) is 2.53. The van der Waals surface area contributed by atoms with Gasteiger partial charge in [-0.3, -0.25) is 4.79 Å². The van der Waals surface area contributed by atoms with Gasteiger partial charge in [0.25, 0.3) is 5.91 Å². The van der Waals surface area contributed by atoms with E-state index in [1.54, 1.807) is 0 Å². The zero-order valence-corrected chi connectivity index (χ0v) is 12.8. The monoisotopic (exact) mass is 294 g/mol. The standard InChI is InChI=1S/C15H26N4O2/c1-2-3-6-12(16)15-18-13(11-21-15)14(20)17-7-10-19-8-4-5-9-19/h11-12H,2-10,16H2,1H3,(H,17,20). The van der Waals surface area contributed by atoms with Crippen LogP contribution in [0, 0.1) is 0 Å². The van der Waals surface area contributed by atoms with E-state index < -0.39 is 0 Å². The molecule has 1 saturated heterocycles. The molecule has 0 radical (unpaired) electrons. The molecule has 1 atom stereocenters. The van der Waals surface area contributed by atoms with Crippen LogP contribution in [0.15, 0.2) is 10.7 Å². The van der Waals surface area contributed by atoms with E-state index in [0.717, 1.165) is 38.9 Å². The number of nitrogens with two attached hydrogens (primary N) is 1. The molecule has 0 aliphatic carbocycles. The molecule has 0 aromatic carbocycles. The summed E-state index contributed by atoms with van der Waals surface area (Å²) < 4.78 is 5.32. The van der Waals surface area contributed by atoms with E-state index in [-0.39, 0.29) is 11.9 Å². The Morgan fingerprint density at radius 2 is 2.29 bits per heavy atom. The third-order valence-electron chi connectivity index (χ3n) is 3.85. The number of rotatable bonds is 8. The van der Waals surface area contributed by atoms with Gasteiger partial charge in [-0.05, 0) is 32.4 Å². The Kier molecular flexibility index (Phi) is 6.20. The van der Waals surface area contributed by atoms with E-state index in [1.165, 1.54) is 19.1 Å². The molecule has 21 heavy (non-hydrogen) atoms. The van der Waals surface area contributed by atoms with Gasteiger partial charge in [0.05, 0.1) is 6.04 Å². The van der Waals surface area contributed by atoms with Gasteiger partial charge in [-0.25, -0.2) is 4.98 Å². The van der Waals surface area contributed by atoms with E-state index in [1.807, 2.05) is 0 Å². The van der Waals surface area contributed by atoms with E-state index >= 15 is 0 Å². The molecule has 1 amide bonds. The van der Waals surface area contributed by atoms with Crippen molar-refractivity contribution in [1.29, 1.82) is 0 Å². The molecule has 6 nitrogen and oxygen atoms in total. The molecule has 6 heteroatoms. The van der Waals surface area contributed by atoms with Crippen molar-refractivity contribution < 1.29 is 9.21 Å². The molecule has 2 rings (SSSR count). The normalized spacial score (nSPS) is 17.0. The van der Waals surface area contributed by atoms with Crippen molar-refractivity contribution in [3.8, 4) is 0 Å². The largest absolute Gasteiger partial charge is 0.446 e. The number of aromatic nitrogens is 1. The Bertz CT molecular complexity index is 441. The molecule has 0 spiro atoms. The lowest BCUT2D eigenvalue weighted by Gasteiger charge is -2.14. The molecular formula is C15H26N4O2. The highest BCUT2D eigenvalue weighted by Crippen LogP contribution is 2.16. The maximum atomic E-state index is 12.0. The fourth-order valence-corrected chi connectivity index (χ4v) is 2.53. The molecule has 0 saturated carbocycles. The van der Waals surface area contributed by atoms with Gasteiger partial charge in [-0.2, -0.15) is 0 Å². The summed E-state index contributed by atoms with van der Waals surface area (Å²) in [5.74, 6) is 0.264. The van der Waals surface area contributed by atoms with Gasteiger partial charge in [0.2, 0.25) is 5.89 Å². The number of unbranched alkanes of at least 4 members (excludes halogenated alkanes) is 1. The van der Waals surface area contributed by atoms with Crippen LogP contribution in [0.5, 0.6) is 0 Å². The Balaban J connectivity index is 1.75. The van der Waals surface area contributed by atoms with E-state index in [0.29, 0.717) is 18.1 Å². The van der Waals surface area contributed by atoms with Crippen LogP contribution in [-0.4, -0.2) is 42.0 Å². The van der Waals surface area contributed by atoms with Crippen LogP contribution in [0.4, 0.5) is 0 Å². The van der Waals surface area contributed by atoms with Crippen LogP contribution in [-0.2, 0) is 0 Å².